The van der Waals surface area contributed by atoms with Crippen LogP contribution in [-0.2, 0) is 0 Å². The Labute approximate surface area is 102 Å². The van der Waals surface area contributed by atoms with Crippen LogP contribution in [0.3, 0.4) is 0 Å². The first-order valence-corrected chi connectivity index (χ1v) is 6.27. The van der Waals surface area contributed by atoms with Crippen LogP contribution in [0.2, 0.25) is 0 Å². The van der Waals surface area contributed by atoms with Gasteiger partial charge in [-0.3, -0.25) is 4.79 Å². The highest BCUT2D eigenvalue weighted by molar-refractivity contribution is 7.98. The smallest absolute Gasteiger partial charge is 0.193 e. The fourth-order valence-electron chi connectivity index (χ4n) is 1.52. The van der Waals surface area contributed by atoms with E-state index in [1.807, 2.05) is 0 Å². The summed E-state index contributed by atoms with van der Waals surface area (Å²) in [5.74, 6) is 0.861. The molecule has 0 bridgehead atoms. The lowest BCUT2D eigenvalue weighted by molar-refractivity contribution is 0.238. The summed E-state index contributed by atoms with van der Waals surface area (Å²) in [6, 6.07) is 6.29. The first-order chi connectivity index (χ1) is 8.15. The van der Waals surface area contributed by atoms with Crippen LogP contribution in [0.15, 0.2) is 33.5 Å². The molecule has 0 saturated heterocycles. The maximum atomic E-state index is 11.8. The number of benzene rings is 1. The molecule has 1 atom stereocenters. The molecule has 2 rings (SSSR count). The standard InChI is InChI=1S/C12H12O4S/c1-15-7-3-4-8-9(13)6-11(12(14)17-2)16-10(8)5-7/h3-6,12,14H,1-2H3. The number of thioether (sulfide) groups is 1. The van der Waals surface area contributed by atoms with E-state index in [1.54, 1.807) is 31.6 Å². The highest BCUT2D eigenvalue weighted by Gasteiger charge is 2.12. The lowest BCUT2D eigenvalue weighted by Gasteiger charge is -2.08. The highest BCUT2D eigenvalue weighted by Crippen LogP contribution is 2.26. The molecule has 0 aliphatic rings. The van der Waals surface area contributed by atoms with E-state index in [4.69, 9.17) is 9.15 Å². The van der Waals surface area contributed by atoms with Crippen LogP contribution in [0.5, 0.6) is 5.75 Å². The number of methoxy groups -OCH3 is 1. The minimum absolute atomic E-state index is 0.169. The molecule has 1 unspecified atom stereocenters. The number of fused-ring (bicyclic) bond motifs is 1. The van der Waals surface area contributed by atoms with Crippen LogP contribution >= 0.6 is 11.8 Å². The molecule has 1 aromatic carbocycles. The molecule has 0 saturated carbocycles. The molecule has 0 radical (unpaired) electrons. The van der Waals surface area contributed by atoms with Crippen molar-refractivity contribution in [2.24, 2.45) is 0 Å². The third-order valence-electron chi connectivity index (χ3n) is 2.42. The average molecular weight is 252 g/mol. The maximum Gasteiger partial charge on any atom is 0.193 e. The zero-order chi connectivity index (χ0) is 12.4. The van der Waals surface area contributed by atoms with Crippen molar-refractivity contribution in [1.82, 2.24) is 0 Å². The largest absolute Gasteiger partial charge is 0.497 e. The third kappa shape index (κ3) is 2.30. The molecule has 0 amide bonds. The van der Waals surface area contributed by atoms with Gasteiger partial charge in [0.25, 0.3) is 0 Å². The first kappa shape index (κ1) is 12.0. The minimum Gasteiger partial charge on any atom is -0.497 e. The summed E-state index contributed by atoms with van der Waals surface area (Å²) in [5, 5.41) is 10.1. The minimum atomic E-state index is -0.835. The van der Waals surface area contributed by atoms with E-state index in [9.17, 15) is 9.90 Å². The van der Waals surface area contributed by atoms with Crippen LogP contribution in [0.1, 0.15) is 11.2 Å². The van der Waals surface area contributed by atoms with Crippen molar-refractivity contribution in [3.8, 4) is 5.75 Å². The molecule has 0 spiro atoms. The van der Waals surface area contributed by atoms with Crippen LogP contribution in [0.4, 0.5) is 0 Å². The van der Waals surface area contributed by atoms with Gasteiger partial charge in [0.05, 0.1) is 12.5 Å². The zero-order valence-corrected chi connectivity index (χ0v) is 10.3. The molecular weight excluding hydrogens is 240 g/mol. The van der Waals surface area contributed by atoms with Gasteiger partial charge in [0.2, 0.25) is 0 Å². The topological polar surface area (TPSA) is 59.7 Å². The number of ether oxygens (including phenoxy) is 1. The summed E-state index contributed by atoms with van der Waals surface area (Å²) >= 11 is 1.20. The highest BCUT2D eigenvalue weighted by atomic mass is 32.2. The SMILES string of the molecule is COc1ccc2c(=O)cc(C(O)SC)oc2c1. The lowest BCUT2D eigenvalue weighted by Crippen LogP contribution is -2.04. The Kier molecular flexibility index (Phi) is 3.40. The normalized spacial score (nSPS) is 12.6. The molecule has 4 nitrogen and oxygen atoms in total. The van der Waals surface area contributed by atoms with Gasteiger partial charge in [0.15, 0.2) is 10.9 Å². The van der Waals surface area contributed by atoms with E-state index in [-0.39, 0.29) is 11.2 Å². The molecule has 1 heterocycles. The molecule has 1 N–H and O–H groups in total. The molecule has 0 fully saturated rings. The van der Waals surface area contributed by atoms with Crippen molar-refractivity contribution in [1.29, 1.82) is 0 Å². The van der Waals surface area contributed by atoms with Gasteiger partial charge in [-0.2, -0.15) is 0 Å². The summed E-state index contributed by atoms with van der Waals surface area (Å²) in [4.78, 5) is 11.8. The van der Waals surface area contributed by atoms with E-state index in [1.165, 1.54) is 17.8 Å². The van der Waals surface area contributed by atoms with Crippen molar-refractivity contribution in [2.45, 2.75) is 5.44 Å². The maximum absolute atomic E-state index is 11.8. The predicted octanol–water partition coefficient (Wildman–Crippen LogP) is 2.16. The summed E-state index contributed by atoms with van der Waals surface area (Å²) in [6.45, 7) is 0. The number of aliphatic hydroxyl groups excluding tert-OH is 1. The Bertz CT molecular complexity index is 591. The van der Waals surface area contributed by atoms with Gasteiger partial charge < -0.3 is 14.3 Å². The lowest BCUT2D eigenvalue weighted by atomic mass is 10.2. The van der Waals surface area contributed by atoms with Crippen molar-refractivity contribution < 1.29 is 14.3 Å². The van der Waals surface area contributed by atoms with E-state index >= 15 is 0 Å². The fourth-order valence-corrected chi connectivity index (χ4v) is 1.87. The number of rotatable bonds is 3. The average Bonchev–Trinajstić information content (AvgIpc) is 2.36. The van der Waals surface area contributed by atoms with Gasteiger partial charge in [-0.25, -0.2) is 0 Å². The molecule has 0 aliphatic carbocycles. The Morgan fingerprint density at radius 3 is 2.82 bits per heavy atom. The molecule has 0 aliphatic heterocycles. The van der Waals surface area contributed by atoms with Crippen LogP contribution in [0.25, 0.3) is 11.0 Å². The predicted molar refractivity (Wildman–Crippen MR) is 67.5 cm³/mol. The van der Waals surface area contributed by atoms with Crippen LogP contribution < -0.4 is 10.2 Å². The van der Waals surface area contributed by atoms with E-state index in [2.05, 4.69) is 0 Å². The van der Waals surface area contributed by atoms with Crippen LogP contribution in [0, 0.1) is 0 Å². The third-order valence-corrected chi connectivity index (χ3v) is 3.10. The Morgan fingerprint density at radius 1 is 1.41 bits per heavy atom. The fraction of sp³-hybridized carbons (Fsp3) is 0.250. The first-order valence-electron chi connectivity index (χ1n) is 4.98. The van der Waals surface area contributed by atoms with E-state index < -0.39 is 5.44 Å². The molecule has 5 heteroatoms. The Morgan fingerprint density at radius 2 is 2.18 bits per heavy atom. The Balaban J connectivity index is 2.65. The molecule has 17 heavy (non-hydrogen) atoms. The second-order valence-electron chi connectivity index (χ2n) is 3.46. The molecule has 90 valence electrons. The van der Waals surface area contributed by atoms with Gasteiger partial charge >= 0.3 is 0 Å². The summed E-state index contributed by atoms with van der Waals surface area (Å²) < 4.78 is 10.5. The van der Waals surface area contributed by atoms with Crippen molar-refractivity contribution in [3.05, 3.63) is 40.2 Å². The van der Waals surface area contributed by atoms with Gasteiger partial charge in [-0.05, 0) is 18.4 Å². The van der Waals surface area contributed by atoms with E-state index in [0.717, 1.165) is 0 Å². The van der Waals surface area contributed by atoms with Crippen molar-refractivity contribution in [2.75, 3.05) is 13.4 Å². The van der Waals surface area contributed by atoms with Crippen LogP contribution in [-0.4, -0.2) is 18.5 Å². The van der Waals surface area contributed by atoms with Gasteiger partial charge in [0.1, 0.15) is 17.1 Å². The number of hydrogen-bond donors (Lipinski definition) is 1. The monoisotopic (exact) mass is 252 g/mol. The molecule has 2 aromatic rings. The molecular formula is C12H12O4S. The summed E-state index contributed by atoms with van der Waals surface area (Å²) in [5.41, 5.74) is -0.588. The second kappa shape index (κ2) is 4.81. The van der Waals surface area contributed by atoms with Gasteiger partial charge in [0, 0.05) is 12.1 Å². The summed E-state index contributed by atoms with van der Waals surface area (Å²) in [7, 11) is 1.54. The van der Waals surface area contributed by atoms with Gasteiger partial charge in [-0.15, -0.1) is 11.8 Å². The van der Waals surface area contributed by atoms with Crippen molar-refractivity contribution >= 4 is 22.7 Å². The zero-order valence-electron chi connectivity index (χ0n) is 9.47. The van der Waals surface area contributed by atoms with E-state index in [0.29, 0.717) is 16.7 Å². The second-order valence-corrected chi connectivity index (χ2v) is 4.38. The molecule has 1 aromatic heterocycles. The Hall–Kier alpha value is -1.46. The van der Waals surface area contributed by atoms with Gasteiger partial charge in [-0.1, -0.05) is 0 Å². The van der Waals surface area contributed by atoms with Crippen molar-refractivity contribution in [3.63, 3.8) is 0 Å². The summed E-state index contributed by atoms with van der Waals surface area (Å²) in [6.07, 6.45) is 1.74. The number of aliphatic hydroxyl groups is 1. The quantitative estimate of drug-likeness (QED) is 0.848. The number of hydrogen-bond acceptors (Lipinski definition) is 5.